The van der Waals surface area contributed by atoms with E-state index in [1.54, 1.807) is 0 Å². The highest BCUT2D eigenvalue weighted by atomic mass is 16.3. The molecule has 19 heavy (non-hydrogen) atoms. The van der Waals surface area contributed by atoms with Crippen molar-refractivity contribution in [2.75, 3.05) is 0 Å². The SMILES string of the molecule is Cc1ccccc1Cc1nnc(CO)n1C(C)(C)C. The fourth-order valence-corrected chi connectivity index (χ4v) is 2.32. The van der Waals surface area contributed by atoms with Gasteiger partial charge in [-0.1, -0.05) is 24.3 Å². The highest BCUT2D eigenvalue weighted by molar-refractivity contribution is 5.28. The van der Waals surface area contributed by atoms with Crippen LogP contribution < -0.4 is 0 Å². The van der Waals surface area contributed by atoms with Crippen molar-refractivity contribution in [1.29, 1.82) is 0 Å². The van der Waals surface area contributed by atoms with Crippen LogP contribution in [0.1, 0.15) is 43.5 Å². The van der Waals surface area contributed by atoms with Gasteiger partial charge in [-0.3, -0.25) is 0 Å². The van der Waals surface area contributed by atoms with Crippen LogP contribution in [0, 0.1) is 6.92 Å². The lowest BCUT2D eigenvalue weighted by Crippen LogP contribution is -2.26. The molecule has 1 aromatic carbocycles. The van der Waals surface area contributed by atoms with Crippen molar-refractivity contribution >= 4 is 0 Å². The second-order valence-corrected chi connectivity index (χ2v) is 5.80. The molecule has 0 spiro atoms. The van der Waals surface area contributed by atoms with Crippen molar-refractivity contribution in [3.63, 3.8) is 0 Å². The molecular weight excluding hydrogens is 238 g/mol. The number of benzene rings is 1. The average molecular weight is 259 g/mol. The van der Waals surface area contributed by atoms with Crippen molar-refractivity contribution in [1.82, 2.24) is 14.8 Å². The van der Waals surface area contributed by atoms with Gasteiger partial charge in [0, 0.05) is 12.0 Å². The number of rotatable bonds is 3. The van der Waals surface area contributed by atoms with Gasteiger partial charge in [0.2, 0.25) is 0 Å². The molecular formula is C15H21N3O. The van der Waals surface area contributed by atoms with Gasteiger partial charge in [-0.2, -0.15) is 0 Å². The highest BCUT2D eigenvalue weighted by Gasteiger charge is 2.22. The number of aryl methyl sites for hydroxylation is 1. The molecule has 1 heterocycles. The summed E-state index contributed by atoms with van der Waals surface area (Å²) in [6.07, 6.45) is 0.733. The zero-order chi connectivity index (χ0) is 14.0. The summed E-state index contributed by atoms with van der Waals surface area (Å²) in [6, 6.07) is 8.27. The van der Waals surface area contributed by atoms with Gasteiger partial charge in [-0.05, 0) is 38.8 Å². The van der Waals surface area contributed by atoms with Gasteiger partial charge < -0.3 is 9.67 Å². The Hall–Kier alpha value is -1.68. The molecule has 0 aliphatic rings. The number of aliphatic hydroxyl groups excluding tert-OH is 1. The van der Waals surface area contributed by atoms with E-state index in [0.29, 0.717) is 5.82 Å². The van der Waals surface area contributed by atoms with Crippen LogP contribution in [0.4, 0.5) is 0 Å². The summed E-state index contributed by atoms with van der Waals surface area (Å²) in [5, 5.41) is 17.7. The van der Waals surface area contributed by atoms with Gasteiger partial charge in [-0.25, -0.2) is 0 Å². The molecule has 4 nitrogen and oxygen atoms in total. The van der Waals surface area contributed by atoms with E-state index < -0.39 is 0 Å². The summed E-state index contributed by atoms with van der Waals surface area (Å²) in [6.45, 7) is 8.29. The third-order valence-corrected chi connectivity index (χ3v) is 3.22. The quantitative estimate of drug-likeness (QED) is 0.921. The molecule has 0 saturated carbocycles. The Bertz CT molecular complexity index is 567. The van der Waals surface area contributed by atoms with E-state index in [1.165, 1.54) is 11.1 Å². The van der Waals surface area contributed by atoms with Gasteiger partial charge in [0.05, 0.1) is 0 Å². The maximum absolute atomic E-state index is 9.39. The first-order valence-corrected chi connectivity index (χ1v) is 6.52. The summed E-state index contributed by atoms with van der Waals surface area (Å²) in [5.74, 6) is 1.52. The van der Waals surface area contributed by atoms with Crippen LogP contribution in [0.25, 0.3) is 0 Å². The molecule has 102 valence electrons. The van der Waals surface area contributed by atoms with Crippen molar-refractivity contribution in [2.24, 2.45) is 0 Å². The smallest absolute Gasteiger partial charge is 0.159 e. The number of hydrogen-bond donors (Lipinski definition) is 1. The molecule has 0 saturated heterocycles. The van der Waals surface area contributed by atoms with Crippen molar-refractivity contribution in [3.8, 4) is 0 Å². The highest BCUT2D eigenvalue weighted by Crippen LogP contribution is 2.21. The van der Waals surface area contributed by atoms with Gasteiger partial charge >= 0.3 is 0 Å². The molecule has 0 atom stereocenters. The van der Waals surface area contributed by atoms with E-state index >= 15 is 0 Å². The standard InChI is InChI=1S/C15H21N3O/c1-11-7-5-6-8-12(11)9-13-16-17-14(10-19)18(13)15(2,3)4/h5-8,19H,9-10H2,1-4H3. The first-order chi connectivity index (χ1) is 8.93. The van der Waals surface area contributed by atoms with Crippen molar-refractivity contribution < 1.29 is 5.11 Å². The van der Waals surface area contributed by atoms with E-state index in [2.05, 4.69) is 50.0 Å². The minimum atomic E-state index is -0.139. The minimum Gasteiger partial charge on any atom is -0.388 e. The van der Waals surface area contributed by atoms with E-state index in [4.69, 9.17) is 0 Å². The summed E-state index contributed by atoms with van der Waals surface area (Å²) in [4.78, 5) is 0. The van der Waals surface area contributed by atoms with Gasteiger partial charge in [0.15, 0.2) is 5.82 Å². The summed E-state index contributed by atoms with van der Waals surface area (Å²) in [5.41, 5.74) is 2.35. The first kappa shape index (κ1) is 13.7. The molecule has 0 unspecified atom stereocenters. The number of aliphatic hydroxyl groups is 1. The largest absolute Gasteiger partial charge is 0.388 e. The Kier molecular flexibility index (Phi) is 3.71. The van der Waals surface area contributed by atoms with Gasteiger partial charge in [-0.15, -0.1) is 10.2 Å². The van der Waals surface area contributed by atoms with Crippen LogP contribution in [-0.2, 0) is 18.6 Å². The van der Waals surface area contributed by atoms with E-state index in [9.17, 15) is 5.11 Å². The van der Waals surface area contributed by atoms with E-state index in [1.807, 2.05) is 16.7 Å². The normalized spacial score (nSPS) is 11.8. The van der Waals surface area contributed by atoms with Crippen LogP contribution in [0.15, 0.2) is 24.3 Å². The van der Waals surface area contributed by atoms with Crippen LogP contribution in [0.3, 0.4) is 0 Å². The lowest BCUT2D eigenvalue weighted by molar-refractivity contribution is 0.248. The molecule has 1 aromatic heterocycles. The molecule has 0 bridgehead atoms. The molecule has 2 rings (SSSR count). The number of nitrogens with zero attached hydrogens (tertiary/aromatic N) is 3. The number of aromatic nitrogens is 3. The monoisotopic (exact) mass is 259 g/mol. The van der Waals surface area contributed by atoms with Crippen molar-refractivity contribution in [3.05, 3.63) is 47.0 Å². The maximum Gasteiger partial charge on any atom is 0.159 e. The molecule has 4 heteroatoms. The van der Waals surface area contributed by atoms with Gasteiger partial charge in [0.1, 0.15) is 12.4 Å². The summed E-state index contributed by atoms with van der Waals surface area (Å²) in [7, 11) is 0. The Morgan fingerprint density at radius 3 is 2.32 bits per heavy atom. The summed E-state index contributed by atoms with van der Waals surface area (Å²) >= 11 is 0. The Labute approximate surface area is 114 Å². The van der Waals surface area contributed by atoms with Gasteiger partial charge in [0.25, 0.3) is 0 Å². The predicted octanol–water partition coefficient (Wildman–Crippen LogP) is 2.42. The first-order valence-electron chi connectivity index (χ1n) is 6.52. The lowest BCUT2D eigenvalue weighted by atomic mass is 10.0. The second-order valence-electron chi connectivity index (χ2n) is 5.80. The third kappa shape index (κ3) is 2.84. The molecule has 0 amide bonds. The summed E-state index contributed by atoms with van der Waals surface area (Å²) < 4.78 is 2.03. The lowest BCUT2D eigenvalue weighted by Gasteiger charge is -2.24. The van der Waals surface area contributed by atoms with Crippen LogP contribution in [-0.4, -0.2) is 19.9 Å². The second kappa shape index (κ2) is 5.13. The topological polar surface area (TPSA) is 50.9 Å². The fraction of sp³-hybridized carbons (Fsp3) is 0.467. The molecule has 0 aliphatic heterocycles. The zero-order valence-corrected chi connectivity index (χ0v) is 12.0. The molecule has 1 N–H and O–H groups in total. The maximum atomic E-state index is 9.39. The molecule has 0 radical (unpaired) electrons. The Balaban J connectivity index is 2.42. The third-order valence-electron chi connectivity index (χ3n) is 3.22. The average Bonchev–Trinajstić information content (AvgIpc) is 2.75. The fourth-order valence-electron chi connectivity index (χ4n) is 2.32. The molecule has 2 aromatic rings. The zero-order valence-electron chi connectivity index (χ0n) is 12.0. The predicted molar refractivity (Wildman–Crippen MR) is 74.9 cm³/mol. The molecule has 0 aliphatic carbocycles. The van der Waals surface area contributed by atoms with E-state index in [0.717, 1.165) is 12.2 Å². The Morgan fingerprint density at radius 2 is 1.74 bits per heavy atom. The molecule has 0 fully saturated rings. The van der Waals surface area contributed by atoms with Crippen LogP contribution in [0.5, 0.6) is 0 Å². The minimum absolute atomic E-state index is 0.0853. The van der Waals surface area contributed by atoms with E-state index in [-0.39, 0.29) is 12.1 Å². The number of hydrogen-bond acceptors (Lipinski definition) is 3. The van der Waals surface area contributed by atoms with Crippen LogP contribution in [0.2, 0.25) is 0 Å². The van der Waals surface area contributed by atoms with Crippen LogP contribution >= 0.6 is 0 Å². The van der Waals surface area contributed by atoms with Crippen molar-refractivity contribution in [2.45, 2.75) is 46.3 Å². The Morgan fingerprint density at radius 1 is 1.11 bits per heavy atom.